The highest BCUT2D eigenvalue weighted by molar-refractivity contribution is 6.35. The average molecular weight is 412 g/mol. The first-order valence-electron chi connectivity index (χ1n) is 9.36. The monoisotopic (exact) mass is 411 g/mol. The van der Waals surface area contributed by atoms with Crippen molar-refractivity contribution in [2.75, 3.05) is 18.5 Å². The Morgan fingerprint density at radius 3 is 2.93 bits per heavy atom. The van der Waals surface area contributed by atoms with Crippen LogP contribution >= 0.6 is 11.6 Å². The van der Waals surface area contributed by atoms with Crippen molar-refractivity contribution >= 4 is 35.5 Å². The summed E-state index contributed by atoms with van der Waals surface area (Å²) in [4.78, 5) is 8.93. The van der Waals surface area contributed by atoms with Crippen LogP contribution in [-0.2, 0) is 9.47 Å². The molecule has 2 aromatic rings. The highest BCUT2D eigenvalue weighted by Gasteiger charge is 2.23. The normalized spacial score (nSPS) is 19.3. The first-order chi connectivity index (χ1) is 14.1. The number of hydrogen-bond donors (Lipinski definition) is 2. The number of hydrogen-bond acceptors (Lipinski definition) is 6. The van der Waals surface area contributed by atoms with E-state index in [0.717, 1.165) is 40.3 Å². The lowest BCUT2D eigenvalue weighted by atomic mass is 10.0. The van der Waals surface area contributed by atoms with E-state index in [1.54, 1.807) is 0 Å². The number of aromatic nitrogens is 2. The van der Waals surface area contributed by atoms with Gasteiger partial charge in [-0.05, 0) is 32.2 Å². The topological polar surface area (TPSA) is 83.9 Å². The van der Waals surface area contributed by atoms with Crippen LogP contribution in [0.15, 0.2) is 57.5 Å². The number of allylic oxidation sites excluding steroid dienone is 2. The molecule has 0 bridgehead atoms. The van der Waals surface area contributed by atoms with Gasteiger partial charge in [-0.1, -0.05) is 29.8 Å². The summed E-state index contributed by atoms with van der Waals surface area (Å²) in [6.07, 6.45) is 2.61. The largest absolute Gasteiger partial charge is 0.472 e. The van der Waals surface area contributed by atoms with E-state index in [0.29, 0.717) is 29.9 Å². The summed E-state index contributed by atoms with van der Waals surface area (Å²) in [5.74, 6) is 1.04. The van der Waals surface area contributed by atoms with Crippen LogP contribution in [0.4, 0.5) is 11.5 Å². The molecule has 1 saturated heterocycles. The summed E-state index contributed by atoms with van der Waals surface area (Å²) in [6.45, 7) is 8.79. The Hall–Kier alpha value is -2.90. The summed E-state index contributed by atoms with van der Waals surface area (Å²) in [5.41, 5.74) is 4.84. The summed E-state index contributed by atoms with van der Waals surface area (Å²) in [6, 6.07) is 7.63. The Labute approximate surface area is 174 Å². The summed E-state index contributed by atoms with van der Waals surface area (Å²) < 4.78 is 11.3. The van der Waals surface area contributed by atoms with Crippen molar-refractivity contribution in [2.45, 2.75) is 26.4 Å². The summed E-state index contributed by atoms with van der Waals surface area (Å²) in [5, 5.41) is 11.3. The molecule has 2 N–H and O–H groups in total. The van der Waals surface area contributed by atoms with Crippen molar-refractivity contribution in [3.8, 4) is 0 Å². The van der Waals surface area contributed by atoms with Crippen molar-refractivity contribution in [3.05, 3.63) is 63.8 Å². The van der Waals surface area contributed by atoms with Crippen molar-refractivity contribution in [1.29, 1.82) is 0 Å². The maximum Gasteiger partial charge on any atom is 0.215 e. The SMILES string of the molecule is C=N/C(=C\C1=C(C)C(c2ccccc2Cl)=Nc2c(n[nH]c2C)N1)OC1CCOC1. The van der Waals surface area contributed by atoms with Gasteiger partial charge in [0.25, 0.3) is 0 Å². The molecule has 2 aliphatic heterocycles. The van der Waals surface area contributed by atoms with Gasteiger partial charge in [-0.25, -0.2) is 9.98 Å². The fourth-order valence-corrected chi connectivity index (χ4v) is 3.49. The Morgan fingerprint density at radius 2 is 2.21 bits per heavy atom. The van der Waals surface area contributed by atoms with Crippen molar-refractivity contribution in [2.24, 2.45) is 9.98 Å². The molecule has 29 heavy (non-hydrogen) atoms. The van der Waals surface area contributed by atoms with Crippen LogP contribution in [0, 0.1) is 6.92 Å². The highest BCUT2D eigenvalue weighted by atomic mass is 35.5. The van der Waals surface area contributed by atoms with E-state index in [1.807, 2.05) is 44.2 Å². The smallest absolute Gasteiger partial charge is 0.215 e. The van der Waals surface area contributed by atoms with E-state index < -0.39 is 0 Å². The molecular weight excluding hydrogens is 390 g/mol. The number of fused-ring (bicyclic) bond motifs is 1. The molecule has 0 spiro atoms. The predicted molar refractivity (Wildman–Crippen MR) is 115 cm³/mol. The van der Waals surface area contributed by atoms with Crippen molar-refractivity contribution in [1.82, 2.24) is 10.2 Å². The number of nitrogens with zero attached hydrogens (tertiary/aromatic N) is 3. The van der Waals surface area contributed by atoms with Gasteiger partial charge in [-0.3, -0.25) is 5.10 Å². The van der Waals surface area contributed by atoms with E-state index in [-0.39, 0.29) is 6.10 Å². The van der Waals surface area contributed by atoms with Gasteiger partial charge in [-0.2, -0.15) is 5.10 Å². The van der Waals surface area contributed by atoms with Crippen LogP contribution in [-0.4, -0.2) is 41.9 Å². The lowest BCUT2D eigenvalue weighted by Crippen LogP contribution is -2.13. The second-order valence-corrected chi connectivity index (χ2v) is 7.30. The van der Waals surface area contributed by atoms with Gasteiger partial charge in [-0.15, -0.1) is 0 Å². The quantitative estimate of drug-likeness (QED) is 0.558. The van der Waals surface area contributed by atoms with Crippen molar-refractivity contribution < 1.29 is 9.47 Å². The molecular formula is C21H22ClN5O2. The molecule has 7 nitrogen and oxygen atoms in total. The third-order valence-electron chi connectivity index (χ3n) is 4.88. The van der Waals surface area contributed by atoms with Gasteiger partial charge in [0.1, 0.15) is 11.8 Å². The number of benzene rings is 1. The van der Waals surface area contributed by atoms with Crippen molar-refractivity contribution in [3.63, 3.8) is 0 Å². The molecule has 0 radical (unpaired) electrons. The minimum atomic E-state index is -0.0293. The van der Waals surface area contributed by atoms with Gasteiger partial charge in [0, 0.05) is 23.1 Å². The van der Waals surface area contributed by atoms with E-state index in [2.05, 4.69) is 27.2 Å². The van der Waals surface area contributed by atoms with E-state index in [1.165, 1.54) is 0 Å². The molecule has 0 amide bonds. The number of aryl methyl sites for hydroxylation is 1. The molecule has 1 atom stereocenters. The zero-order valence-electron chi connectivity index (χ0n) is 16.3. The third-order valence-corrected chi connectivity index (χ3v) is 5.21. The first kappa shape index (κ1) is 19.4. The molecule has 4 rings (SSSR count). The van der Waals surface area contributed by atoms with E-state index in [4.69, 9.17) is 26.1 Å². The Morgan fingerprint density at radius 1 is 1.38 bits per heavy atom. The molecule has 1 aromatic heterocycles. The minimum Gasteiger partial charge on any atom is -0.472 e. The molecule has 150 valence electrons. The first-order valence-corrected chi connectivity index (χ1v) is 9.74. The number of anilines is 1. The third kappa shape index (κ3) is 3.97. The van der Waals surface area contributed by atoms with E-state index >= 15 is 0 Å². The number of aliphatic imine (C=N–C) groups is 2. The number of rotatable bonds is 5. The summed E-state index contributed by atoms with van der Waals surface area (Å²) in [7, 11) is 0. The molecule has 1 unspecified atom stereocenters. The predicted octanol–water partition coefficient (Wildman–Crippen LogP) is 4.54. The fraction of sp³-hybridized carbons (Fsp3) is 0.286. The second-order valence-electron chi connectivity index (χ2n) is 6.89. The van der Waals surface area contributed by atoms with Gasteiger partial charge >= 0.3 is 0 Å². The van der Waals surface area contributed by atoms with Crippen LogP contribution in [0.2, 0.25) is 5.02 Å². The Bertz CT molecular complexity index is 1030. The van der Waals surface area contributed by atoms with E-state index in [9.17, 15) is 0 Å². The molecule has 0 aliphatic carbocycles. The lowest BCUT2D eigenvalue weighted by Gasteiger charge is -2.14. The number of aromatic amines is 1. The molecule has 2 aliphatic rings. The van der Waals surface area contributed by atoms with Crippen LogP contribution in [0.25, 0.3) is 0 Å². The van der Waals surface area contributed by atoms with Gasteiger partial charge in [0.15, 0.2) is 5.82 Å². The molecule has 8 heteroatoms. The highest BCUT2D eigenvalue weighted by Crippen LogP contribution is 2.34. The van der Waals surface area contributed by atoms with Gasteiger partial charge in [0.2, 0.25) is 5.88 Å². The standard InChI is InChI=1S/C21H22ClN5O2/c1-12-17(10-18(23-3)29-14-8-9-28-11-14)24-21-20(13(2)26-27-21)25-19(12)15-6-4-5-7-16(15)22/h4-7,10,14H,3,8-9,11H2,1-2H3,(H2,24,26,27)/b18-10+. The number of ether oxygens (including phenoxy) is 2. The van der Waals surface area contributed by atoms with Gasteiger partial charge < -0.3 is 14.8 Å². The van der Waals surface area contributed by atoms with Crippen LogP contribution < -0.4 is 5.32 Å². The van der Waals surface area contributed by atoms with Crippen LogP contribution in [0.1, 0.15) is 24.6 Å². The van der Waals surface area contributed by atoms with Gasteiger partial charge in [0.05, 0.1) is 30.3 Å². The Balaban J connectivity index is 1.81. The maximum absolute atomic E-state index is 6.48. The molecule has 0 saturated carbocycles. The zero-order valence-corrected chi connectivity index (χ0v) is 17.1. The fourth-order valence-electron chi connectivity index (χ4n) is 3.27. The Kier molecular flexibility index (Phi) is 5.51. The molecule has 1 fully saturated rings. The number of halogens is 1. The molecule has 3 heterocycles. The maximum atomic E-state index is 6.48. The molecule has 1 aromatic carbocycles. The zero-order chi connectivity index (χ0) is 20.4. The second kappa shape index (κ2) is 8.23. The minimum absolute atomic E-state index is 0.0293. The van der Waals surface area contributed by atoms with Crippen LogP contribution in [0.3, 0.4) is 0 Å². The average Bonchev–Trinajstić information content (AvgIpc) is 3.32. The number of H-pyrrole nitrogens is 1. The lowest BCUT2D eigenvalue weighted by molar-refractivity contribution is 0.0910. The van der Waals surface area contributed by atoms with Crippen LogP contribution in [0.5, 0.6) is 0 Å². The summed E-state index contributed by atoms with van der Waals surface area (Å²) >= 11 is 6.48. The number of nitrogens with one attached hydrogen (secondary N) is 2.